The molecule has 1 aliphatic heterocycles. The lowest BCUT2D eigenvalue weighted by atomic mass is 10.0. The quantitative estimate of drug-likeness (QED) is 0.867. The average molecular weight is 280 g/mol. The van der Waals surface area contributed by atoms with Crippen molar-refractivity contribution in [3.8, 4) is 0 Å². The molecule has 0 saturated carbocycles. The van der Waals surface area contributed by atoms with Gasteiger partial charge in [-0.3, -0.25) is 4.90 Å². The van der Waals surface area contributed by atoms with Gasteiger partial charge >= 0.3 is 0 Å². The molecular weight excluding hydrogens is 256 g/mol. The monoisotopic (exact) mass is 280 g/mol. The van der Waals surface area contributed by atoms with E-state index in [0.29, 0.717) is 25.2 Å². The summed E-state index contributed by atoms with van der Waals surface area (Å²) in [4.78, 5) is 2.45. The van der Waals surface area contributed by atoms with Crippen molar-refractivity contribution in [1.82, 2.24) is 4.90 Å². The van der Waals surface area contributed by atoms with E-state index < -0.39 is 0 Å². The van der Waals surface area contributed by atoms with E-state index in [0.717, 1.165) is 0 Å². The van der Waals surface area contributed by atoms with Crippen LogP contribution in [0.4, 0.5) is 0 Å². The van der Waals surface area contributed by atoms with Gasteiger partial charge in [0.25, 0.3) is 0 Å². The van der Waals surface area contributed by atoms with Gasteiger partial charge in [-0.05, 0) is 30.3 Å². The van der Waals surface area contributed by atoms with Crippen LogP contribution in [0.1, 0.15) is 23.6 Å². The first-order valence-electron chi connectivity index (χ1n) is 6.83. The normalized spacial score (nSPS) is 20.9. The SMILES string of the molecule is COCc1ccc(C(CN)N(C)C2CCSC2)cc1. The fraction of sp³-hybridized carbons (Fsp3) is 0.600. The summed E-state index contributed by atoms with van der Waals surface area (Å²) in [6.45, 7) is 1.34. The van der Waals surface area contributed by atoms with Crippen LogP contribution in [0.15, 0.2) is 24.3 Å². The molecule has 1 heterocycles. The van der Waals surface area contributed by atoms with Crippen LogP contribution in [-0.2, 0) is 11.3 Å². The molecule has 2 N–H and O–H groups in total. The van der Waals surface area contributed by atoms with Crippen LogP contribution in [0.25, 0.3) is 0 Å². The maximum Gasteiger partial charge on any atom is 0.0713 e. The van der Waals surface area contributed by atoms with Crippen LogP contribution < -0.4 is 5.73 Å². The van der Waals surface area contributed by atoms with Gasteiger partial charge in [0, 0.05) is 31.5 Å². The first-order valence-corrected chi connectivity index (χ1v) is 7.99. The highest BCUT2D eigenvalue weighted by atomic mass is 32.2. The number of methoxy groups -OCH3 is 1. The van der Waals surface area contributed by atoms with Crippen LogP contribution in [0.3, 0.4) is 0 Å². The molecule has 1 aromatic carbocycles. The lowest BCUT2D eigenvalue weighted by Crippen LogP contribution is -2.38. The Morgan fingerprint density at radius 2 is 2.16 bits per heavy atom. The van der Waals surface area contributed by atoms with E-state index in [4.69, 9.17) is 10.5 Å². The molecule has 2 rings (SSSR count). The minimum absolute atomic E-state index is 0.320. The highest BCUT2D eigenvalue weighted by molar-refractivity contribution is 7.99. The van der Waals surface area contributed by atoms with Gasteiger partial charge < -0.3 is 10.5 Å². The lowest BCUT2D eigenvalue weighted by Gasteiger charge is -2.32. The van der Waals surface area contributed by atoms with Gasteiger partial charge in [-0.2, -0.15) is 11.8 Å². The zero-order valence-electron chi connectivity index (χ0n) is 11.8. The summed E-state index contributed by atoms with van der Waals surface area (Å²) in [6.07, 6.45) is 1.28. The molecule has 1 fully saturated rings. The van der Waals surface area contributed by atoms with Gasteiger partial charge in [0.1, 0.15) is 0 Å². The third-order valence-electron chi connectivity index (χ3n) is 3.87. The van der Waals surface area contributed by atoms with Crippen molar-refractivity contribution >= 4 is 11.8 Å². The summed E-state index contributed by atoms with van der Waals surface area (Å²) >= 11 is 2.04. The molecule has 1 aliphatic rings. The maximum absolute atomic E-state index is 6.00. The molecule has 0 aromatic heterocycles. The van der Waals surface area contributed by atoms with Gasteiger partial charge in [0.05, 0.1) is 6.61 Å². The number of hydrogen-bond acceptors (Lipinski definition) is 4. The Balaban J connectivity index is 2.07. The number of hydrogen-bond donors (Lipinski definition) is 1. The fourth-order valence-electron chi connectivity index (χ4n) is 2.64. The molecule has 0 radical (unpaired) electrons. The van der Waals surface area contributed by atoms with Crippen LogP contribution in [0.2, 0.25) is 0 Å². The van der Waals surface area contributed by atoms with E-state index in [1.165, 1.54) is 29.1 Å². The van der Waals surface area contributed by atoms with Gasteiger partial charge in [-0.1, -0.05) is 24.3 Å². The van der Waals surface area contributed by atoms with Crippen LogP contribution in [-0.4, -0.2) is 43.1 Å². The molecule has 3 nitrogen and oxygen atoms in total. The standard InChI is InChI=1S/C15H24N2OS/c1-17(14-7-8-19-11-14)15(9-16)13-5-3-12(4-6-13)10-18-2/h3-6,14-15H,7-11,16H2,1-2H3. The second-order valence-electron chi connectivity index (χ2n) is 5.11. The summed E-state index contributed by atoms with van der Waals surface area (Å²) in [5.74, 6) is 2.51. The second kappa shape index (κ2) is 7.29. The molecule has 106 valence electrons. The Morgan fingerprint density at radius 1 is 1.42 bits per heavy atom. The fourth-order valence-corrected chi connectivity index (χ4v) is 3.92. The highest BCUT2D eigenvalue weighted by Gasteiger charge is 2.26. The minimum atomic E-state index is 0.320. The summed E-state index contributed by atoms with van der Waals surface area (Å²) in [6, 6.07) is 9.63. The molecule has 19 heavy (non-hydrogen) atoms. The van der Waals surface area contributed by atoms with Gasteiger partial charge in [0.2, 0.25) is 0 Å². The number of rotatable bonds is 6. The van der Waals surface area contributed by atoms with E-state index in [9.17, 15) is 0 Å². The van der Waals surface area contributed by atoms with Crippen molar-refractivity contribution in [3.63, 3.8) is 0 Å². The van der Waals surface area contributed by atoms with E-state index in [-0.39, 0.29) is 0 Å². The number of likely N-dealkylation sites (N-methyl/N-ethyl adjacent to an activating group) is 1. The molecule has 0 bridgehead atoms. The minimum Gasteiger partial charge on any atom is -0.380 e. The Hall–Kier alpha value is -0.550. The molecule has 0 spiro atoms. The summed E-state index contributed by atoms with van der Waals surface area (Å²) in [7, 11) is 3.93. The average Bonchev–Trinajstić information content (AvgIpc) is 2.96. The number of thioether (sulfide) groups is 1. The zero-order chi connectivity index (χ0) is 13.7. The van der Waals surface area contributed by atoms with Crippen molar-refractivity contribution < 1.29 is 4.74 Å². The number of benzene rings is 1. The molecule has 1 saturated heterocycles. The van der Waals surface area contributed by atoms with Gasteiger partial charge in [-0.25, -0.2) is 0 Å². The number of nitrogens with two attached hydrogens (primary N) is 1. The van der Waals surface area contributed by atoms with Crippen molar-refractivity contribution in [2.45, 2.75) is 25.1 Å². The van der Waals surface area contributed by atoms with Crippen molar-refractivity contribution in [2.75, 3.05) is 32.2 Å². The van der Waals surface area contributed by atoms with Crippen LogP contribution in [0, 0.1) is 0 Å². The topological polar surface area (TPSA) is 38.5 Å². The second-order valence-corrected chi connectivity index (χ2v) is 6.26. The predicted molar refractivity (Wildman–Crippen MR) is 82.4 cm³/mol. The van der Waals surface area contributed by atoms with Gasteiger partial charge in [0.15, 0.2) is 0 Å². The van der Waals surface area contributed by atoms with Crippen LogP contribution in [0.5, 0.6) is 0 Å². The zero-order valence-corrected chi connectivity index (χ0v) is 12.7. The largest absolute Gasteiger partial charge is 0.380 e. The number of nitrogens with zero attached hydrogens (tertiary/aromatic N) is 1. The Kier molecular flexibility index (Phi) is 5.70. The summed E-state index contributed by atoms with van der Waals surface area (Å²) < 4.78 is 5.15. The van der Waals surface area contributed by atoms with Crippen molar-refractivity contribution in [1.29, 1.82) is 0 Å². The molecule has 2 atom stereocenters. The number of ether oxygens (including phenoxy) is 1. The molecule has 4 heteroatoms. The first kappa shape index (κ1) is 14.9. The molecule has 2 unspecified atom stereocenters. The Labute approximate surface area is 120 Å². The molecule has 1 aromatic rings. The van der Waals surface area contributed by atoms with E-state index in [1.54, 1.807) is 7.11 Å². The smallest absolute Gasteiger partial charge is 0.0713 e. The first-order chi connectivity index (χ1) is 9.26. The van der Waals surface area contributed by atoms with Crippen molar-refractivity contribution in [3.05, 3.63) is 35.4 Å². The highest BCUT2D eigenvalue weighted by Crippen LogP contribution is 2.28. The molecule has 0 amide bonds. The Morgan fingerprint density at radius 3 is 2.68 bits per heavy atom. The summed E-state index contributed by atoms with van der Waals surface area (Å²) in [5.41, 5.74) is 8.51. The van der Waals surface area contributed by atoms with Crippen molar-refractivity contribution in [2.24, 2.45) is 5.73 Å². The van der Waals surface area contributed by atoms with E-state index in [2.05, 4.69) is 36.2 Å². The third-order valence-corrected chi connectivity index (χ3v) is 5.02. The van der Waals surface area contributed by atoms with Gasteiger partial charge in [-0.15, -0.1) is 0 Å². The summed E-state index contributed by atoms with van der Waals surface area (Å²) in [5, 5.41) is 0. The lowest BCUT2D eigenvalue weighted by molar-refractivity contribution is 0.184. The molecular formula is C15H24N2OS. The third kappa shape index (κ3) is 3.72. The predicted octanol–water partition coefficient (Wildman–Crippen LogP) is 2.27. The Bertz CT molecular complexity index is 376. The van der Waals surface area contributed by atoms with Crippen LogP contribution >= 0.6 is 11.8 Å². The van der Waals surface area contributed by atoms with E-state index in [1.807, 2.05) is 11.8 Å². The van der Waals surface area contributed by atoms with E-state index >= 15 is 0 Å². The maximum atomic E-state index is 6.00. The molecule has 0 aliphatic carbocycles.